The molecular formula is C14H18N2O3. The van der Waals surface area contributed by atoms with Gasteiger partial charge in [-0.1, -0.05) is 0 Å². The molecule has 0 aromatic carbocycles. The van der Waals surface area contributed by atoms with Crippen molar-refractivity contribution >= 4 is 11.9 Å². The number of aryl methyl sites for hydroxylation is 1. The van der Waals surface area contributed by atoms with Crippen molar-refractivity contribution in [3.63, 3.8) is 0 Å². The highest BCUT2D eigenvalue weighted by Crippen LogP contribution is 2.30. The van der Waals surface area contributed by atoms with Crippen LogP contribution in [0, 0.1) is 0 Å². The third-order valence-electron chi connectivity index (χ3n) is 3.78. The molecule has 1 N–H and O–H groups in total. The number of hydrogen-bond acceptors (Lipinski definition) is 3. The monoisotopic (exact) mass is 262 g/mol. The Morgan fingerprint density at radius 1 is 1.42 bits per heavy atom. The summed E-state index contributed by atoms with van der Waals surface area (Å²) in [5.74, 6) is -0.999. The maximum Gasteiger partial charge on any atom is 0.329 e. The summed E-state index contributed by atoms with van der Waals surface area (Å²) in [4.78, 5) is 28.9. The number of carboxylic acid groups (broad SMARTS) is 1. The number of nitrogens with zero attached hydrogens (tertiary/aromatic N) is 2. The summed E-state index contributed by atoms with van der Waals surface area (Å²) in [5.41, 5.74) is 0.00886. The summed E-state index contributed by atoms with van der Waals surface area (Å²) in [5, 5.41) is 9.27. The zero-order chi connectivity index (χ0) is 13.9. The highest BCUT2D eigenvalue weighted by Gasteiger charge is 2.45. The summed E-state index contributed by atoms with van der Waals surface area (Å²) in [6.07, 6.45) is 5.63. The van der Waals surface area contributed by atoms with Crippen LogP contribution in [0.1, 0.15) is 31.7 Å². The highest BCUT2D eigenvalue weighted by atomic mass is 16.4. The van der Waals surface area contributed by atoms with Crippen LogP contribution in [0.15, 0.2) is 24.5 Å². The quantitative estimate of drug-likeness (QED) is 0.892. The van der Waals surface area contributed by atoms with E-state index in [4.69, 9.17) is 0 Å². The predicted octanol–water partition coefficient (Wildman–Crippen LogP) is 1.48. The van der Waals surface area contributed by atoms with Gasteiger partial charge in [-0.3, -0.25) is 9.78 Å². The lowest BCUT2D eigenvalue weighted by Gasteiger charge is -2.31. The van der Waals surface area contributed by atoms with Gasteiger partial charge in [-0.2, -0.15) is 0 Å². The van der Waals surface area contributed by atoms with Crippen LogP contribution in [-0.2, 0) is 16.0 Å². The average Bonchev–Trinajstić information content (AvgIpc) is 2.81. The Kier molecular flexibility index (Phi) is 3.83. The smallest absolute Gasteiger partial charge is 0.329 e. The first-order valence-corrected chi connectivity index (χ1v) is 6.47. The van der Waals surface area contributed by atoms with Crippen molar-refractivity contribution in [3.8, 4) is 0 Å². The molecule has 19 heavy (non-hydrogen) atoms. The first-order valence-electron chi connectivity index (χ1n) is 6.47. The van der Waals surface area contributed by atoms with Gasteiger partial charge in [0.1, 0.15) is 5.54 Å². The van der Waals surface area contributed by atoms with Crippen molar-refractivity contribution in [2.75, 3.05) is 6.54 Å². The van der Waals surface area contributed by atoms with E-state index in [1.165, 1.54) is 4.90 Å². The van der Waals surface area contributed by atoms with Gasteiger partial charge in [-0.05, 0) is 43.9 Å². The molecule has 1 aromatic rings. The molecule has 0 radical (unpaired) electrons. The lowest BCUT2D eigenvalue weighted by Crippen LogP contribution is -2.50. The Balaban J connectivity index is 1.98. The van der Waals surface area contributed by atoms with E-state index in [1.54, 1.807) is 19.3 Å². The zero-order valence-electron chi connectivity index (χ0n) is 11.0. The van der Waals surface area contributed by atoms with E-state index in [1.807, 2.05) is 12.1 Å². The average molecular weight is 262 g/mol. The summed E-state index contributed by atoms with van der Waals surface area (Å²) >= 11 is 0. The molecule has 1 atom stereocenters. The standard InChI is InChI=1S/C14H18N2O3/c1-14(13(18)19)7-2-10-16(14)12(17)4-3-11-5-8-15-9-6-11/h5-6,8-9H,2-4,7,10H2,1H3,(H,18,19). The number of carboxylic acids is 1. The molecule has 1 aromatic heterocycles. The molecule has 1 fully saturated rings. The Labute approximate surface area is 112 Å². The molecule has 5 heteroatoms. The van der Waals surface area contributed by atoms with E-state index in [-0.39, 0.29) is 5.91 Å². The summed E-state index contributed by atoms with van der Waals surface area (Å²) in [6, 6.07) is 3.74. The molecule has 0 bridgehead atoms. The van der Waals surface area contributed by atoms with Crippen molar-refractivity contribution in [1.82, 2.24) is 9.88 Å². The van der Waals surface area contributed by atoms with Gasteiger partial charge < -0.3 is 10.0 Å². The van der Waals surface area contributed by atoms with Gasteiger partial charge in [-0.25, -0.2) is 4.79 Å². The van der Waals surface area contributed by atoms with Gasteiger partial charge in [0.25, 0.3) is 0 Å². The third kappa shape index (κ3) is 2.75. The number of aliphatic carboxylic acids is 1. The van der Waals surface area contributed by atoms with Crippen LogP contribution in [0.3, 0.4) is 0 Å². The number of pyridine rings is 1. The second-order valence-electron chi connectivity index (χ2n) is 5.08. The van der Waals surface area contributed by atoms with Gasteiger partial charge >= 0.3 is 5.97 Å². The van der Waals surface area contributed by atoms with E-state index in [0.29, 0.717) is 25.8 Å². The number of rotatable bonds is 4. The molecule has 2 rings (SSSR count). The lowest BCUT2D eigenvalue weighted by molar-refractivity contribution is -0.155. The first kappa shape index (κ1) is 13.5. The largest absolute Gasteiger partial charge is 0.480 e. The normalized spacial score (nSPS) is 22.5. The fraction of sp³-hybridized carbons (Fsp3) is 0.500. The van der Waals surface area contributed by atoms with Gasteiger partial charge in [0.05, 0.1) is 0 Å². The predicted molar refractivity (Wildman–Crippen MR) is 69.5 cm³/mol. The molecular weight excluding hydrogens is 244 g/mol. The van der Waals surface area contributed by atoms with Crippen LogP contribution in [-0.4, -0.2) is 39.0 Å². The second kappa shape index (κ2) is 5.38. The zero-order valence-corrected chi connectivity index (χ0v) is 11.0. The summed E-state index contributed by atoms with van der Waals surface area (Å²) < 4.78 is 0. The van der Waals surface area contributed by atoms with Gasteiger partial charge in [0, 0.05) is 25.4 Å². The van der Waals surface area contributed by atoms with Crippen LogP contribution in [0.25, 0.3) is 0 Å². The topological polar surface area (TPSA) is 70.5 Å². The van der Waals surface area contributed by atoms with Crippen molar-refractivity contribution in [3.05, 3.63) is 30.1 Å². The van der Waals surface area contributed by atoms with Crippen LogP contribution in [0.4, 0.5) is 0 Å². The van der Waals surface area contributed by atoms with E-state index < -0.39 is 11.5 Å². The number of carbonyl (C=O) groups is 2. The fourth-order valence-corrected chi connectivity index (χ4v) is 2.52. The maximum atomic E-state index is 12.2. The molecule has 1 saturated heterocycles. The number of aromatic nitrogens is 1. The number of amides is 1. The highest BCUT2D eigenvalue weighted by molar-refractivity contribution is 5.87. The van der Waals surface area contributed by atoms with Gasteiger partial charge in [0.15, 0.2) is 0 Å². The molecule has 5 nitrogen and oxygen atoms in total. The van der Waals surface area contributed by atoms with Crippen molar-refractivity contribution in [1.29, 1.82) is 0 Å². The Morgan fingerprint density at radius 2 is 2.11 bits per heavy atom. The molecule has 1 unspecified atom stereocenters. The SMILES string of the molecule is CC1(C(=O)O)CCCN1C(=O)CCc1ccncc1. The molecule has 1 aliphatic heterocycles. The van der Waals surface area contributed by atoms with Crippen molar-refractivity contribution in [2.45, 2.75) is 38.1 Å². The summed E-state index contributed by atoms with van der Waals surface area (Å²) in [7, 11) is 0. The Bertz CT molecular complexity index is 475. The van der Waals surface area contributed by atoms with Gasteiger partial charge in [-0.15, -0.1) is 0 Å². The Morgan fingerprint density at radius 3 is 2.74 bits per heavy atom. The van der Waals surface area contributed by atoms with Crippen LogP contribution in [0.5, 0.6) is 0 Å². The fourth-order valence-electron chi connectivity index (χ4n) is 2.52. The van der Waals surface area contributed by atoms with Crippen LogP contribution in [0.2, 0.25) is 0 Å². The number of likely N-dealkylation sites (tertiary alicyclic amines) is 1. The molecule has 1 amide bonds. The van der Waals surface area contributed by atoms with Crippen LogP contribution < -0.4 is 0 Å². The maximum absolute atomic E-state index is 12.2. The first-order chi connectivity index (χ1) is 9.04. The molecule has 0 spiro atoms. The minimum absolute atomic E-state index is 0.0841. The second-order valence-corrected chi connectivity index (χ2v) is 5.08. The molecule has 0 saturated carbocycles. The van der Waals surface area contributed by atoms with Gasteiger partial charge in [0.2, 0.25) is 5.91 Å². The summed E-state index contributed by atoms with van der Waals surface area (Å²) in [6.45, 7) is 2.17. The third-order valence-corrected chi connectivity index (χ3v) is 3.78. The van der Waals surface area contributed by atoms with E-state index in [2.05, 4.69) is 4.98 Å². The number of carbonyl (C=O) groups excluding carboxylic acids is 1. The van der Waals surface area contributed by atoms with E-state index >= 15 is 0 Å². The van der Waals surface area contributed by atoms with Crippen LogP contribution >= 0.6 is 0 Å². The lowest BCUT2D eigenvalue weighted by atomic mass is 9.98. The molecule has 102 valence electrons. The molecule has 1 aliphatic rings. The minimum atomic E-state index is -1.03. The number of hydrogen-bond donors (Lipinski definition) is 1. The Hall–Kier alpha value is -1.91. The molecule has 2 heterocycles. The van der Waals surface area contributed by atoms with Crippen molar-refractivity contribution < 1.29 is 14.7 Å². The van der Waals surface area contributed by atoms with Crippen molar-refractivity contribution in [2.24, 2.45) is 0 Å². The van der Waals surface area contributed by atoms with E-state index in [0.717, 1.165) is 12.0 Å². The van der Waals surface area contributed by atoms with E-state index in [9.17, 15) is 14.7 Å². The minimum Gasteiger partial charge on any atom is -0.480 e. The molecule has 0 aliphatic carbocycles.